The number of carboxylic acids is 1. The molecule has 1 heterocycles. The van der Waals surface area contributed by atoms with E-state index in [1.165, 1.54) is 11.3 Å². The molecule has 0 amide bonds. The van der Waals surface area contributed by atoms with E-state index in [9.17, 15) is 14.7 Å². The molecule has 0 radical (unpaired) electrons. The molecule has 5 nitrogen and oxygen atoms in total. The number of ketones is 1. The van der Waals surface area contributed by atoms with Crippen molar-refractivity contribution in [2.24, 2.45) is 0 Å². The van der Waals surface area contributed by atoms with Crippen LogP contribution in [-0.4, -0.2) is 28.4 Å². The Bertz CT molecular complexity index is 1000. The monoisotopic (exact) mass is 429 g/mol. The number of Topliss-reactive ketones (excluding diaryl/α,β-unsaturated/α-hetero) is 1. The van der Waals surface area contributed by atoms with E-state index in [1.54, 1.807) is 24.3 Å². The molecule has 0 spiro atoms. The van der Waals surface area contributed by atoms with Crippen molar-refractivity contribution in [3.63, 3.8) is 0 Å². The molecule has 150 valence electrons. The lowest BCUT2D eigenvalue weighted by Gasteiger charge is -2.13. The maximum Gasteiger partial charge on any atom is 0.311 e. The van der Waals surface area contributed by atoms with Gasteiger partial charge in [-0.2, -0.15) is 0 Å². The van der Waals surface area contributed by atoms with Gasteiger partial charge in [-0.05, 0) is 42.8 Å². The first-order chi connectivity index (χ1) is 14.0. The molecule has 0 bridgehead atoms. The lowest BCUT2D eigenvalue weighted by Crippen LogP contribution is -2.17. The van der Waals surface area contributed by atoms with E-state index < -0.39 is 11.9 Å². The Kier molecular flexibility index (Phi) is 7.01. The van der Waals surface area contributed by atoms with Crippen LogP contribution in [-0.2, 0) is 16.0 Å². The number of carboxylic acid groups (broad SMARTS) is 1. The Morgan fingerprint density at radius 2 is 1.90 bits per heavy atom. The molecule has 1 unspecified atom stereocenters. The van der Waals surface area contributed by atoms with Crippen LogP contribution >= 0.6 is 22.9 Å². The molecule has 1 aromatic heterocycles. The smallest absolute Gasteiger partial charge is 0.311 e. The first-order valence-electron chi connectivity index (χ1n) is 9.14. The summed E-state index contributed by atoms with van der Waals surface area (Å²) in [6.07, 6.45) is -0.0449. The van der Waals surface area contributed by atoms with E-state index in [0.717, 1.165) is 16.3 Å². The Hall–Kier alpha value is -2.70. The number of aromatic nitrogens is 1. The van der Waals surface area contributed by atoms with Crippen LogP contribution in [0.2, 0.25) is 5.02 Å². The summed E-state index contributed by atoms with van der Waals surface area (Å²) < 4.78 is 5.44. The van der Waals surface area contributed by atoms with Gasteiger partial charge in [0.15, 0.2) is 0 Å². The van der Waals surface area contributed by atoms with E-state index in [1.807, 2.05) is 36.6 Å². The van der Waals surface area contributed by atoms with Crippen molar-refractivity contribution < 1.29 is 19.4 Å². The zero-order valence-electron chi connectivity index (χ0n) is 15.8. The van der Waals surface area contributed by atoms with Crippen LogP contribution in [0.25, 0.3) is 10.6 Å². The van der Waals surface area contributed by atoms with Crippen LogP contribution in [0.1, 0.15) is 30.5 Å². The number of hydrogen-bond donors (Lipinski definition) is 1. The number of halogens is 1. The summed E-state index contributed by atoms with van der Waals surface area (Å²) in [5.74, 6) is -1.44. The number of carbonyl (C=O) groups is 2. The zero-order chi connectivity index (χ0) is 20.8. The van der Waals surface area contributed by atoms with E-state index in [4.69, 9.17) is 16.3 Å². The van der Waals surface area contributed by atoms with E-state index in [0.29, 0.717) is 22.9 Å². The minimum Gasteiger partial charge on any atom is -0.494 e. The standard InChI is InChI=1S/C22H20ClNO4S/c1-2-28-17-9-7-14(8-10-17)21-24-15(13-29-21)11-16(25)12-19(22(26)27)18-5-3-4-6-20(18)23/h3-10,13,19H,2,11-12H2,1H3,(H,26,27). The molecule has 0 aliphatic rings. The van der Waals surface area contributed by atoms with E-state index in [-0.39, 0.29) is 18.6 Å². The van der Waals surface area contributed by atoms with Crippen molar-refractivity contribution in [3.8, 4) is 16.3 Å². The third kappa shape index (κ3) is 5.43. The number of thiazole rings is 1. The molecule has 0 aliphatic carbocycles. The molecular formula is C22H20ClNO4S. The fourth-order valence-corrected chi connectivity index (χ4v) is 4.06. The van der Waals surface area contributed by atoms with Gasteiger partial charge in [0.1, 0.15) is 16.5 Å². The lowest BCUT2D eigenvalue weighted by molar-refractivity contribution is -0.140. The summed E-state index contributed by atoms with van der Waals surface area (Å²) in [4.78, 5) is 28.7. The van der Waals surface area contributed by atoms with Gasteiger partial charge in [0.05, 0.1) is 18.2 Å². The van der Waals surface area contributed by atoms with E-state index >= 15 is 0 Å². The van der Waals surface area contributed by atoms with Crippen molar-refractivity contribution in [1.82, 2.24) is 4.98 Å². The summed E-state index contributed by atoms with van der Waals surface area (Å²) in [5, 5.41) is 12.5. The highest BCUT2D eigenvalue weighted by Crippen LogP contribution is 2.29. The third-order valence-corrected chi connectivity index (χ3v) is 5.64. The molecule has 2 aromatic carbocycles. The van der Waals surface area contributed by atoms with Crippen molar-refractivity contribution in [2.45, 2.75) is 25.7 Å². The van der Waals surface area contributed by atoms with Crippen molar-refractivity contribution in [1.29, 1.82) is 0 Å². The minimum absolute atomic E-state index is 0.0851. The number of carbonyl (C=O) groups excluding carboxylic acids is 1. The van der Waals surface area contributed by atoms with Gasteiger partial charge >= 0.3 is 5.97 Å². The minimum atomic E-state index is -1.07. The number of aliphatic carboxylic acids is 1. The number of benzene rings is 2. The third-order valence-electron chi connectivity index (χ3n) is 4.35. The molecule has 1 N–H and O–H groups in total. The predicted octanol–water partition coefficient (Wildman–Crippen LogP) is 5.23. The average molecular weight is 430 g/mol. The van der Waals surface area contributed by atoms with Gasteiger partial charge in [0.25, 0.3) is 0 Å². The largest absolute Gasteiger partial charge is 0.494 e. The molecule has 3 rings (SSSR count). The van der Waals surface area contributed by atoms with E-state index in [2.05, 4.69) is 4.98 Å². The second-order valence-electron chi connectivity index (χ2n) is 6.43. The van der Waals surface area contributed by atoms with Gasteiger partial charge in [-0.15, -0.1) is 11.3 Å². The molecule has 29 heavy (non-hydrogen) atoms. The topological polar surface area (TPSA) is 76.5 Å². The predicted molar refractivity (Wildman–Crippen MR) is 114 cm³/mol. The summed E-state index contributed by atoms with van der Waals surface area (Å²) in [6.45, 7) is 2.53. The molecule has 0 fully saturated rings. The van der Waals surface area contributed by atoms with Crippen molar-refractivity contribution in [3.05, 3.63) is 70.2 Å². The Morgan fingerprint density at radius 3 is 2.55 bits per heavy atom. The number of hydrogen-bond acceptors (Lipinski definition) is 5. The van der Waals surface area contributed by atoms with Gasteiger partial charge in [-0.1, -0.05) is 29.8 Å². The maximum atomic E-state index is 12.5. The van der Waals surface area contributed by atoms with Crippen LogP contribution in [0.5, 0.6) is 5.75 Å². The van der Waals surface area contributed by atoms with Crippen molar-refractivity contribution >= 4 is 34.7 Å². The molecule has 7 heteroatoms. The molecule has 0 saturated carbocycles. The average Bonchev–Trinajstić information content (AvgIpc) is 3.16. The lowest BCUT2D eigenvalue weighted by atomic mass is 9.92. The van der Waals surface area contributed by atoms with Crippen LogP contribution in [0.3, 0.4) is 0 Å². The van der Waals surface area contributed by atoms with Gasteiger partial charge in [0.2, 0.25) is 0 Å². The van der Waals surface area contributed by atoms with Crippen LogP contribution in [0, 0.1) is 0 Å². The molecule has 3 aromatic rings. The normalized spacial score (nSPS) is 11.8. The van der Waals surface area contributed by atoms with Crippen molar-refractivity contribution in [2.75, 3.05) is 6.61 Å². The number of ether oxygens (including phenoxy) is 1. The fraction of sp³-hybridized carbons (Fsp3) is 0.227. The maximum absolute atomic E-state index is 12.5. The van der Waals surface area contributed by atoms with Gasteiger partial charge in [0, 0.05) is 28.8 Å². The van der Waals surface area contributed by atoms with Crippen LogP contribution in [0.4, 0.5) is 0 Å². The van der Waals surface area contributed by atoms with Gasteiger partial charge in [-0.25, -0.2) is 4.98 Å². The highest BCUT2D eigenvalue weighted by molar-refractivity contribution is 7.13. The second kappa shape index (κ2) is 9.67. The van der Waals surface area contributed by atoms with Crippen LogP contribution < -0.4 is 4.74 Å². The molecule has 0 saturated heterocycles. The first-order valence-corrected chi connectivity index (χ1v) is 10.4. The van der Waals surface area contributed by atoms with Gasteiger partial charge < -0.3 is 9.84 Å². The SMILES string of the molecule is CCOc1ccc(-c2nc(CC(=O)CC(C(=O)O)c3ccccc3Cl)cs2)cc1. The summed E-state index contributed by atoms with van der Waals surface area (Å²) in [6, 6.07) is 14.3. The second-order valence-corrected chi connectivity index (χ2v) is 7.70. The van der Waals surface area contributed by atoms with Gasteiger partial charge in [-0.3, -0.25) is 9.59 Å². The molecular weight excluding hydrogens is 410 g/mol. The Balaban J connectivity index is 1.68. The van der Waals surface area contributed by atoms with Crippen LogP contribution in [0.15, 0.2) is 53.9 Å². The Morgan fingerprint density at radius 1 is 1.17 bits per heavy atom. The quantitative estimate of drug-likeness (QED) is 0.503. The summed E-state index contributed by atoms with van der Waals surface area (Å²) in [7, 11) is 0. The summed E-state index contributed by atoms with van der Waals surface area (Å²) in [5.41, 5.74) is 2.02. The zero-order valence-corrected chi connectivity index (χ0v) is 17.4. The highest BCUT2D eigenvalue weighted by atomic mass is 35.5. The number of nitrogens with zero attached hydrogens (tertiary/aromatic N) is 1. The Labute approximate surface area is 177 Å². The number of rotatable bonds is 9. The first kappa shape index (κ1) is 21.0. The molecule has 0 aliphatic heterocycles. The fourth-order valence-electron chi connectivity index (χ4n) is 2.97. The highest BCUT2D eigenvalue weighted by Gasteiger charge is 2.25. The summed E-state index contributed by atoms with van der Waals surface area (Å²) >= 11 is 7.56. The molecule has 1 atom stereocenters.